The summed E-state index contributed by atoms with van der Waals surface area (Å²) < 4.78 is 32.0. The van der Waals surface area contributed by atoms with E-state index in [4.69, 9.17) is 4.74 Å². The molecule has 8 heteroatoms. The molecule has 1 aliphatic heterocycles. The lowest BCUT2D eigenvalue weighted by molar-refractivity contribution is -0.895. The zero-order valence-electron chi connectivity index (χ0n) is 15.8. The minimum atomic E-state index is -3.50. The lowest BCUT2D eigenvalue weighted by atomic mass is 10.1. The molecule has 0 atom stereocenters. The number of benzene rings is 1. The van der Waals surface area contributed by atoms with Crippen LogP contribution in [0.1, 0.15) is 20.3 Å². The molecule has 1 amide bonds. The van der Waals surface area contributed by atoms with Crippen molar-refractivity contribution >= 4 is 15.9 Å². The van der Waals surface area contributed by atoms with Crippen LogP contribution in [0.25, 0.3) is 0 Å². The number of hydrogen-bond acceptors (Lipinski definition) is 4. The number of carbonyl (C=O) groups excluding carboxylic acids is 1. The number of quaternary nitrogens is 1. The van der Waals surface area contributed by atoms with Crippen molar-refractivity contribution in [1.29, 1.82) is 0 Å². The summed E-state index contributed by atoms with van der Waals surface area (Å²) in [6.45, 7) is 7.45. The molecule has 1 aromatic carbocycles. The molecule has 2 rings (SSSR count). The third-order valence-electron chi connectivity index (χ3n) is 4.58. The number of hydrogen-bond donors (Lipinski definition) is 2. The highest BCUT2D eigenvalue weighted by Gasteiger charge is 2.31. The largest absolute Gasteiger partial charge is 0.497 e. The molecule has 26 heavy (non-hydrogen) atoms. The van der Waals surface area contributed by atoms with Gasteiger partial charge in [-0.25, -0.2) is 8.42 Å². The van der Waals surface area contributed by atoms with Crippen molar-refractivity contribution in [3.63, 3.8) is 0 Å². The molecular weight excluding hydrogens is 354 g/mol. The molecular formula is C18H30N3O4S+. The molecule has 1 saturated heterocycles. The smallest absolute Gasteiger partial charge is 0.275 e. The quantitative estimate of drug-likeness (QED) is 0.648. The number of piperazine rings is 1. The summed E-state index contributed by atoms with van der Waals surface area (Å²) in [4.78, 5) is 13.4. The molecule has 146 valence electrons. The van der Waals surface area contributed by atoms with Gasteiger partial charge in [-0.3, -0.25) is 4.79 Å². The predicted octanol–water partition coefficient (Wildman–Crippen LogP) is -0.253. The Kier molecular flexibility index (Phi) is 7.43. The molecule has 0 unspecified atom stereocenters. The first-order valence-electron chi connectivity index (χ1n) is 9.07. The summed E-state index contributed by atoms with van der Waals surface area (Å²) >= 11 is 0. The highest BCUT2D eigenvalue weighted by Crippen LogP contribution is 2.19. The summed E-state index contributed by atoms with van der Waals surface area (Å²) in [5, 5.41) is 2.94. The van der Waals surface area contributed by atoms with E-state index in [1.807, 2.05) is 0 Å². The summed E-state index contributed by atoms with van der Waals surface area (Å²) in [7, 11) is -1.95. The van der Waals surface area contributed by atoms with Gasteiger partial charge in [-0.2, -0.15) is 4.31 Å². The monoisotopic (exact) mass is 384 g/mol. The number of nitrogens with one attached hydrogen (secondary N) is 2. The van der Waals surface area contributed by atoms with E-state index in [2.05, 4.69) is 19.2 Å². The molecule has 1 heterocycles. The van der Waals surface area contributed by atoms with E-state index in [9.17, 15) is 13.2 Å². The van der Waals surface area contributed by atoms with E-state index in [-0.39, 0.29) is 10.8 Å². The van der Waals surface area contributed by atoms with E-state index in [0.717, 1.165) is 11.3 Å². The molecule has 7 nitrogen and oxygen atoms in total. The number of ether oxygens (including phenoxy) is 1. The van der Waals surface area contributed by atoms with Crippen LogP contribution in [-0.4, -0.2) is 65.0 Å². The van der Waals surface area contributed by atoms with Crippen molar-refractivity contribution in [3.8, 4) is 5.75 Å². The highest BCUT2D eigenvalue weighted by atomic mass is 32.2. The lowest BCUT2D eigenvalue weighted by Crippen LogP contribution is -3.15. The second kappa shape index (κ2) is 9.34. The van der Waals surface area contributed by atoms with E-state index in [1.165, 1.54) is 4.31 Å². The van der Waals surface area contributed by atoms with E-state index < -0.39 is 10.0 Å². The molecule has 0 aromatic heterocycles. The Hall–Kier alpha value is -1.64. The normalized spacial score (nSPS) is 16.6. The molecule has 0 radical (unpaired) electrons. The number of rotatable bonds is 8. The van der Waals surface area contributed by atoms with E-state index in [1.54, 1.807) is 31.4 Å². The molecule has 1 fully saturated rings. The summed E-state index contributed by atoms with van der Waals surface area (Å²) in [5.41, 5.74) is 0. The Morgan fingerprint density at radius 1 is 1.23 bits per heavy atom. The topological polar surface area (TPSA) is 80.2 Å². The van der Waals surface area contributed by atoms with Gasteiger partial charge < -0.3 is 15.0 Å². The standard InChI is InChI=1S/C18H29N3O4S/c1-15(2)8-9-19-18(22)14-20-10-12-21(13-11-20)26(23,24)17-6-4-16(25-3)5-7-17/h4-7,15H,8-14H2,1-3H3,(H,19,22)/p+1. The van der Waals surface area contributed by atoms with Crippen LogP contribution in [0, 0.1) is 5.92 Å². The summed E-state index contributed by atoms with van der Waals surface area (Å²) in [6.07, 6.45) is 0.967. The number of sulfonamides is 1. The first kappa shape index (κ1) is 20.7. The molecule has 1 aliphatic rings. The molecule has 0 spiro atoms. The second-order valence-corrected chi connectivity index (χ2v) is 8.98. The van der Waals surface area contributed by atoms with Crippen LogP contribution >= 0.6 is 0 Å². The zero-order chi connectivity index (χ0) is 19.2. The maximum Gasteiger partial charge on any atom is 0.275 e. The number of amides is 1. The van der Waals surface area contributed by atoms with Crippen molar-refractivity contribution in [3.05, 3.63) is 24.3 Å². The highest BCUT2D eigenvalue weighted by molar-refractivity contribution is 7.89. The summed E-state index contributed by atoms with van der Waals surface area (Å²) in [5.74, 6) is 1.23. The molecule has 0 saturated carbocycles. The zero-order valence-corrected chi connectivity index (χ0v) is 16.6. The van der Waals surface area contributed by atoms with Gasteiger partial charge in [-0.1, -0.05) is 13.8 Å². The third-order valence-corrected chi connectivity index (χ3v) is 6.49. The average Bonchev–Trinajstić information content (AvgIpc) is 2.62. The van der Waals surface area contributed by atoms with Crippen LogP contribution in [0.2, 0.25) is 0 Å². The Morgan fingerprint density at radius 2 is 1.85 bits per heavy atom. The van der Waals surface area contributed by atoms with Crippen LogP contribution in [0.5, 0.6) is 5.75 Å². The van der Waals surface area contributed by atoms with Crippen LogP contribution in [0.4, 0.5) is 0 Å². The van der Waals surface area contributed by atoms with Crippen LogP contribution in [0.15, 0.2) is 29.2 Å². The van der Waals surface area contributed by atoms with Crippen LogP contribution in [0.3, 0.4) is 0 Å². The lowest BCUT2D eigenvalue weighted by Gasteiger charge is -2.31. The Morgan fingerprint density at radius 3 is 2.38 bits per heavy atom. The maximum absolute atomic E-state index is 12.7. The number of carbonyl (C=O) groups is 1. The van der Waals surface area contributed by atoms with Gasteiger partial charge in [0.15, 0.2) is 6.54 Å². The average molecular weight is 385 g/mol. The molecule has 1 aromatic rings. The van der Waals surface area contributed by atoms with Gasteiger partial charge in [0.05, 0.1) is 38.2 Å². The number of nitrogens with zero attached hydrogens (tertiary/aromatic N) is 1. The summed E-state index contributed by atoms with van der Waals surface area (Å²) in [6, 6.07) is 6.43. The second-order valence-electron chi connectivity index (χ2n) is 7.04. The van der Waals surface area contributed by atoms with Gasteiger partial charge in [0.1, 0.15) is 5.75 Å². The van der Waals surface area contributed by atoms with Gasteiger partial charge in [-0.15, -0.1) is 0 Å². The third kappa shape index (κ3) is 5.69. The number of methoxy groups -OCH3 is 1. The SMILES string of the molecule is COc1ccc(S(=O)(=O)N2CC[NH+](CC(=O)NCCC(C)C)CC2)cc1. The maximum atomic E-state index is 12.7. The van der Waals surface area contributed by atoms with Gasteiger partial charge in [0, 0.05) is 6.54 Å². The molecule has 0 bridgehead atoms. The fourth-order valence-electron chi connectivity index (χ4n) is 2.91. The minimum Gasteiger partial charge on any atom is -0.497 e. The van der Waals surface area contributed by atoms with Crippen molar-refractivity contribution in [2.75, 3.05) is 46.4 Å². The molecule has 2 N–H and O–H groups in total. The van der Waals surface area contributed by atoms with Crippen LogP contribution < -0.4 is 15.0 Å². The minimum absolute atomic E-state index is 0.0344. The van der Waals surface area contributed by atoms with Crippen molar-refractivity contribution < 1.29 is 22.8 Å². The first-order valence-corrected chi connectivity index (χ1v) is 10.5. The van der Waals surface area contributed by atoms with E-state index in [0.29, 0.717) is 50.9 Å². The Balaban J connectivity index is 1.84. The van der Waals surface area contributed by atoms with Crippen molar-refractivity contribution in [1.82, 2.24) is 9.62 Å². The Labute approximate surface area is 156 Å². The Bertz CT molecular complexity index is 681. The fraction of sp³-hybridized carbons (Fsp3) is 0.611. The van der Waals surface area contributed by atoms with Crippen LogP contribution in [-0.2, 0) is 14.8 Å². The van der Waals surface area contributed by atoms with Gasteiger partial charge in [-0.05, 0) is 36.6 Å². The van der Waals surface area contributed by atoms with Crippen molar-refractivity contribution in [2.45, 2.75) is 25.2 Å². The van der Waals surface area contributed by atoms with Gasteiger partial charge in [0.25, 0.3) is 5.91 Å². The van der Waals surface area contributed by atoms with Crippen molar-refractivity contribution in [2.24, 2.45) is 5.92 Å². The predicted molar refractivity (Wildman–Crippen MR) is 99.8 cm³/mol. The van der Waals surface area contributed by atoms with Gasteiger partial charge in [0.2, 0.25) is 10.0 Å². The first-order chi connectivity index (χ1) is 12.3. The fourth-order valence-corrected chi connectivity index (χ4v) is 4.35. The molecule has 0 aliphatic carbocycles. The van der Waals surface area contributed by atoms with E-state index >= 15 is 0 Å². The van der Waals surface area contributed by atoms with Gasteiger partial charge >= 0.3 is 0 Å².